The molecule has 0 radical (unpaired) electrons. The van der Waals surface area contributed by atoms with Gasteiger partial charge in [-0.3, -0.25) is 4.79 Å². The number of rotatable bonds is 6. The van der Waals surface area contributed by atoms with Gasteiger partial charge in [0.15, 0.2) is 0 Å². The number of nitrogens with one attached hydrogen (secondary N) is 1. The van der Waals surface area contributed by atoms with Gasteiger partial charge in [-0.05, 0) is 19.8 Å². The van der Waals surface area contributed by atoms with Gasteiger partial charge < -0.3 is 10.4 Å². The van der Waals surface area contributed by atoms with E-state index in [2.05, 4.69) is 15.5 Å². The van der Waals surface area contributed by atoms with E-state index < -0.39 is 5.97 Å². The summed E-state index contributed by atoms with van der Waals surface area (Å²) in [5.41, 5.74) is 1.66. The van der Waals surface area contributed by atoms with Gasteiger partial charge in [0.05, 0.1) is 0 Å². The Balaban J connectivity index is 2.16. The lowest BCUT2D eigenvalue weighted by Gasteiger charge is -2.10. The highest BCUT2D eigenvalue weighted by molar-refractivity contribution is 7.13. The highest BCUT2D eigenvalue weighted by Gasteiger charge is 2.05. The molecule has 1 unspecified atom stereocenters. The summed E-state index contributed by atoms with van der Waals surface area (Å²) in [5.74, 6) is -0.742. The normalized spacial score (nSPS) is 12.4. The Kier molecular flexibility index (Phi) is 4.31. The maximum absolute atomic E-state index is 10.3. The second kappa shape index (κ2) is 5.54. The molecule has 2 N–H and O–H groups in total. The zero-order chi connectivity index (χ0) is 10.4. The molecule has 14 heavy (non-hydrogen) atoms. The topological polar surface area (TPSA) is 75.1 Å². The Hall–Kier alpha value is -1.17. The first-order valence-corrected chi connectivity index (χ1v) is 5.31. The summed E-state index contributed by atoms with van der Waals surface area (Å²) in [7, 11) is 0. The fraction of sp³-hybridized carbons (Fsp3) is 0.625. The number of anilines is 1. The van der Waals surface area contributed by atoms with Crippen molar-refractivity contribution in [1.82, 2.24) is 10.2 Å². The second-order valence-corrected chi connectivity index (χ2v) is 3.91. The quantitative estimate of drug-likeness (QED) is 0.753. The van der Waals surface area contributed by atoms with Crippen LogP contribution in [0.3, 0.4) is 0 Å². The van der Waals surface area contributed by atoms with Crippen molar-refractivity contribution in [3.8, 4) is 0 Å². The summed E-state index contributed by atoms with van der Waals surface area (Å²) < 4.78 is 0. The van der Waals surface area contributed by atoms with Crippen LogP contribution in [-0.2, 0) is 4.79 Å². The van der Waals surface area contributed by atoms with E-state index in [4.69, 9.17) is 5.11 Å². The van der Waals surface area contributed by atoms with Gasteiger partial charge in [-0.25, -0.2) is 0 Å². The van der Waals surface area contributed by atoms with Crippen molar-refractivity contribution in [1.29, 1.82) is 0 Å². The fourth-order valence-corrected chi connectivity index (χ4v) is 1.64. The summed E-state index contributed by atoms with van der Waals surface area (Å²) in [6.45, 7) is 2.00. The Morgan fingerprint density at radius 1 is 1.79 bits per heavy atom. The third kappa shape index (κ3) is 4.18. The van der Waals surface area contributed by atoms with E-state index in [1.54, 1.807) is 5.51 Å². The van der Waals surface area contributed by atoms with Crippen molar-refractivity contribution < 1.29 is 9.90 Å². The monoisotopic (exact) mass is 215 g/mol. The van der Waals surface area contributed by atoms with E-state index in [0.717, 1.165) is 11.6 Å². The third-order valence-electron chi connectivity index (χ3n) is 1.76. The van der Waals surface area contributed by atoms with Crippen molar-refractivity contribution in [3.63, 3.8) is 0 Å². The van der Waals surface area contributed by atoms with E-state index in [0.29, 0.717) is 6.42 Å². The summed E-state index contributed by atoms with van der Waals surface area (Å²) in [4.78, 5) is 10.3. The second-order valence-electron chi connectivity index (χ2n) is 3.08. The van der Waals surface area contributed by atoms with Gasteiger partial charge in [0.1, 0.15) is 5.51 Å². The van der Waals surface area contributed by atoms with Crippen LogP contribution in [0, 0.1) is 0 Å². The fourth-order valence-electron chi connectivity index (χ4n) is 1.08. The molecule has 0 saturated heterocycles. The molecule has 0 aliphatic carbocycles. The zero-order valence-electron chi connectivity index (χ0n) is 7.93. The van der Waals surface area contributed by atoms with E-state index in [-0.39, 0.29) is 12.5 Å². The van der Waals surface area contributed by atoms with Crippen molar-refractivity contribution in [2.45, 2.75) is 32.2 Å². The summed E-state index contributed by atoms with van der Waals surface area (Å²) >= 11 is 1.44. The molecule has 1 aromatic rings. The molecule has 0 saturated carbocycles. The van der Waals surface area contributed by atoms with Crippen molar-refractivity contribution in [2.75, 3.05) is 5.32 Å². The van der Waals surface area contributed by atoms with E-state index in [9.17, 15) is 4.79 Å². The first-order chi connectivity index (χ1) is 6.68. The first kappa shape index (κ1) is 10.9. The summed E-state index contributed by atoms with van der Waals surface area (Å²) in [6.07, 6.45) is 1.73. The molecule has 0 spiro atoms. The highest BCUT2D eigenvalue weighted by atomic mass is 32.1. The average Bonchev–Trinajstić information content (AvgIpc) is 2.56. The Labute approximate surface area is 86.2 Å². The molecular formula is C8H13N3O2S. The molecule has 78 valence electrons. The molecule has 1 atom stereocenters. The smallest absolute Gasteiger partial charge is 0.303 e. The Morgan fingerprint density at radius 2 is 2.57 bits per heavy atom. The van der Waals surface area contributed by atoms with Crippen molar-refractivity contribution >= 4 is 22.4 Å². The van der Waals surface area contributed by atoms with Crippen LogP contribution in [-0.4, -0.2) is 27.3 Å². The molecular weight excluding hydrogens is 202 g/mol. The molecule has 6 heteroatoms. The van der Waals surface area contributed by atoms with Crippen LogP contribution < -0.4 is 5.32 Å². The van der Waals surface area contributed by atoms with Crippen LogP contribution in [0.15, 0.2) is 5.51 Å². The van der Waals surface area contributed by atoms with Crippen molar-refractivity contribution in [2.24, 2.45) is 0 Å². The minimum absolute atomic E-state index is 0.224. The van der Waals surface area contributed by atoms with E-state index in [1.807, 2.05) is 6.92 Å². The average molecular weight is 215 g/mol. The van der Waals surface area contributed by atoms with Gasteiger partial charge in [0, 0.05) is 12.5 Å². The van der Waals surface area contributed by atoms with Crippen LogP contribution in [0.2, 0.25) is 0 Å². The SMILES string of the molecule is CC(CCCC(=O)O)Nc1nncs1. The molecule has 1 heterocycles. The largest absolute Gasteiger partial charge is 0.481 e. The summed E-state index contributed by atoms with van der Waals surface area (Å²) in [5, 5.41) is 19.9. The molecule has 0 amide bonds. The number of hydrogen-bond acceptors (Lipinski definition) is 5. The van der Waals surface area contributed by atoms with Crippen LogP contribution >= 0.6 is 11.3 Å². The third-order valence-corrected chi connectivity index (χ3v) is 2.38. The maximum Gasteiger partial charge on any atom is 0.303 e. The van der Waals surface area contributed by atoms with Crippen LogP contribution in [0.5, 0.6) is 0 Å². The number of aromatic nitrogens is 2. The molecule has 0 fully saturated rings. The minimum atomic E-state index is -0.742. The number of nitrogens with zero attached hydrogens (tertiary/aromatic N) is 2. The number of carboxylic acid groups (broad SMARTS) is 1. The lowest BCUT2D eigenvalue weighted by molar-refractivity contribution is -0.137. The molecule has 1 aromatic heterocycles. The first-order valence-electron chi connectivity index (χ1n) is 4.43. The molecule has 0 aliphatic rings. The summed E-state index contributed by atoms with van der Waals surface area (Å²) in [6, 6.07) is 0.238. The number of carbonyl (C=O) groups is 1. The van der Waals surface area contributed by atoms with Crippen LogP contribution in [0.25, 0.3) is 0 Å². The molecule has 0 aromatic carbocycles. The maximum atomic E-state index is 10.3. The van der Waals surface area contributed by atoms with Gasteiger partial charge in [-0.2, -0.15) is 0 Å². The molecule has 1 rings (SSSR count). The van der Waals surface area contributed by atoms with Gasteiger partial charge in [0.2, 0.25) is 5.13 Å². The van der Waals surface area contributed by atoms with E-state index >= 15 is 0 Å². The highest BCUT2D eigenvalue weighted by Crippen LogP contribution is 2.12. The van der Waals surface area contributed by atoms with Gasteiger partial charge >= 0.3 is 5.97 Å². The lowest BCUT2D eigenvalue weighted by atomic mass is 10.1. The lowest BCUT2D eigenvalue weighted by Crippen LogP contribution is -2.15. The number of hydrogen-bond donors (Lipinski definition) is 2. The Bertz CT molecular complexity index is 276. The minimum Gasteiger partial charge on any atom is -0.481 e. The van der Waals surface area contributed by atoms with Gasteiger partial charge in [-0.1, -0.05) is 11.3 Å². The molecule has 0 bridgehead atoms. The zero-order valence-corrected chi connectivity index (χ0v) is 8.75. The van der Waals surface area contributed by atoms with Gasteiger partial charge in [-0.15, -0.1) is 10.2 Å². The van der Waals surface area contributed by atoms with Gasteiger partial charge in [0.25, 0.3) is 0 Å². The predicted octanol–water partition coefficient (Wildman–Crippen LogP) is 1.59. The van der Waals surface area contributed by atoms with E-state index in [1.165, 1.54) is 11.3 Å². The molecule has 5 nitrogen and oxygen atoms in total. The molecule has 0 aliphatic heterocycles. The number of aliphatic carboxylic acids is 1. The number of carboxylic acids is 1. The van der Waals surface area contributed by atoms with Crippen LogP contribution in [0.4, 0.5) is 5.13 Å². The van der Waals surface area contributed by atoms with Crippen LogP contribution in [0.1, 0.15) is 26.2 Å². The standard InChI is InChI=1S/C8H13N3O2S/c1-6(3-2-4-7(12)13)10-8-11-9-5-14-8/h5-6H,2-4H2,1H3,(H,10,11)(H,12,13). The van der Waals surface area contributed by atoms with Crippen molar-refractivity contribution in [3.05, 3.63) is 5.51 Å². The predicted molar refractivity (Wildman–Crippen MR) is 54.5 cm³/mol. The Morgan fingerprint density at radius 3 is 3.14 bits per heavy atom.